The van der Waals surface area contributed by atoms with E-state index in [2.05, 4.69) is 39.9 Å². The molecule has 5 rings (SSSR count). The number of nitrogens with zero attached hydrogens (tertiary/aromatic N) is 4. The largest absolute Gasteiger partial charge is 2.00 e. The summed E-state index contributed by atoms with van der Waals surface area (Å²) in [6, 6.07) is 7.56. The number of carbonyl (C=O) groups is 2. The zero-order valence-electron chi connectivity index (χ0n) is 17.6. The minimum atomic E-state index is -1.69. The maximum Gasteiger partial charge on any atom is 2.00 e. The van der Waals surface area contributed by atoms with Gasteiger partial charge in [0.2, 0.25) is 0 Å². The number of aromatic amines is 4. The van der Waals surface area contributed by atoms with Crippen LogP contribution in [0.5, 0.6) is 0 Å². The Hall–Kier alpha value is -4.51. The molecule has 0 saturated carbocycles. The molecule has 12 nitrogen and oxygen atoms in total. The second kappa shape index (κ2) is 20.4. The van der Waals surface area contributed by atoms with Crippen LogP contribution in [0.1, 0.15) is 11.5 Å². The zero-order valence-corrected chi connectivity index (χ0v) is 18.6. The van der Waals surface area contributed by atoms with Crippen LogP contribution in [0.15, 0.2) is 105 Å². The molecule has 0 amide bonds. The average Bonchev–Trinajstić information content (AvgIpc) is 3.68. The van der Waals surface area contributed by atoms with Crippen molar-refractivity contribution in [2.24, 2.45) is 0 Å². The summed E-state index contributed by atoms with van der Waals surface area (Å²) in [6.07, 6.45) is 20.3. The molecule has 13 heteroatoms. The quantitative estimate of drug-likeness (QED) is 0.191. The van der Waals surface area contributed by atoms with Gasteiger partial charge >= 0.3 is 16.5 Å². The number of carboxylic acid groups (broad SMARTS) is 2. The van der Waals surface area contributed by atoms with E-state index in [1.54, 1.807) is 93.1 Å². The van der Waals surface area contributed by atoms with Gasteiger partial charge in [-0.1, -0.05) is 30.3 Å². The Balaban J connectivity index is 0.000000432. The number of H-pyrrole nitrogens is 4. The van der Waals surface area contributed by atoms with E-state index < -0.39 is 17.9 Å². The van der Waals surface area contributed by atoms with E-state index in [0.29, 0.717) is 0 Å². The van der Waals surface area contributed by atoms with Gasteiger partial charge in [0, 0.05) is 49.6 Å². The summed E-state index contributed by atoms with van der Waals surface area (Å²) in [6.45, 7) is 0. The maximum atomic E-state index is 10.4. The molecule has 0 aliphatic heterocycles. The Bertz CT molecular complexity index is 838. The summed E-state index contributed by atoms with van der Waals surface area (Å²) >= 11 is 0. The van der Waals surface area contributed by atoms with Crippen molar-refractivity contribution in [2.45, 2.75) is 5.92 Å². The van der Waals surface area contributed by atoms with Crippen LogP contribution in [-0.2, 0) is 26.1 Å². The average molecular weight is 509 g/mol. The Morgan fingerprint density at radius 3 is 1.12 bits per heavy atom. The van der Waals surface area contributed by atoms with E-state index in [-0.39, 0.29) is 22.1 Å². The number of rotatable bonds is 3. The number of carboxylic acids is 2. The third kappa shape index (κ3) is 15.3. The van der Waals surface area contributed by atoms with Crippen molar-refractivity contribution in [3.05, 3.63) is 111 Å². The van der Waals surface area contributed by atoms with Gasteiger partial charge in [0.25, 0.3) is 0 Å². The second-order valence-electron chi connectivity index (χ2n) is 5.52. The van der Waals surface area contributed by atoms with Gasteiger partial charge in [-0.25, -0.2) is 19.9 Å². The Kier molecular flexibility index (Phi) is 17.7. The zero-order chi connectivity index (χ0) is 24.0. The van der Waals surface area contributed by atoms with Crippen LogP contribution >= 0.6 is 0 Å². The summed E-state index contributed by atoms with van der Waals surface area (Å²) in [5.41, 5.74) is 0.155. The standard InChI is InChI=1S/C9H8O4.4C3H4N2.Ni/c10-8(11)7(9(12)13)6-4-2-1-3-5-6;4*1-2-5-3-4-1;/h1-5,7H,(H,10,11)(H,12,13);4*1-3H,(H,4,5);/q;;;;;+2/p-2. The molecular weight excluding hydrogens is 487 g/mol. The van der Waals surface area contributed by atoms with Gasteiger partial charge in [-0.3, -0.25) is 0 Å². The summed E-state index contributed by atoms with van der Waals surface area (Å²) in [7, 11) is 0. The summed E-state index contributed by atoms with van der Waals surface area (Å²) in [5, 5.41) is 20.8. The molecule has 0 radical (unpaired) electrons. The number of nitrogens with one attached hydrogen (secondary N) is 4. The monoisotopic (exact) mass is 508 g/mol. The molecule has 1 aromatic carbocycles. The van der Waals surface area contributed by atoms with Crippen molar-refractivity contribution < 1.29 is 36.3 Å². The number of aliphatic carboxylic acids is 2. The fourth-order valence-corrected chi connectivity index (χ4v) is 1.87. The SMILES string of the molecule is O=C([O-])C(C(=O)[O-])c1ccccc1.[Ni+2].c1c[nH]cn1.c1c[nH]cn1.c1c[nH]cn1.c1c[nH]cn1. The van der Waals surface area contributed by atoms with Crippen molar-refractivity contribution in [1.82, 2.24) is 39.9 Å². The smallest absolute Gasteiger partial charge is 0.549 e. The van der Waals surface area contributed by atoms with Gasteiger partial charge in [-0.15, -0.1) is 0 Å². The van der Waals surface area contributed by atoms with Gasteiger partial charge in [0.05, 0.1) is 43.2 Å². The van der Waals surface area contributed by atoms with Crippen LogP contribution in [0.2, 0.25) is 0 Å². The summed E-state index contributed by atoms with van der Waals surface area (Å²) in [5.74, 6) is -5.02. The molecule has 5 aromatic rings. The minimum absolute atomic E-state index is 0. The van der Waals surface area contributed by atoms with Gasteiger partial charge in [-0.2, -0.15) is 0 Å². The van der Waals surface area contributed by atoms with E-state index in [1.807, 2.05) is 0 Å². The van der Waals surface area contributed by atoms with Gasteiger partial charge < -0.3 is 39.7 Å². The Labute approximate surface area is 204 Å². The van der Waals surface area contributed by atoms with Crippen molar-refractivity contribution in [1.29, 1.82) is 0 Å². The predicted octanol–water partition coefficient (Wildman–Crippen LogP) is -0.0937. The van der Waals surface area contributed by atoms with E-state index in [0.717, 1.165) is 0 Å². The van der Waals surface area contributed by atoms with Crippen molar-refractivity contribution >= 4 is 11.9 Å². The minimum Gasteiger partial charge on any atom is -0.549 e. The fraction of sp³-hybridized carbons (Fsp3) is 0.0476. The first-order valence-electron chi connectivity index (χ1n) is 9.30. The Morgan fingerprint density at radius 1 is 0.618 bits per heavy atom. The molecule has 4 N–H and O–H groups in total. The van der Waals surface area contributed by atoms with E-state index in [9.17, 15) is 19.8 Å². The molecule has 0 aliphatic carbocycles. The van der Waals surface area contributed by atoms with E-state index in [1.165, 1.54) is 12.1 Å². The summed E-state index contributed by atoms with van der Waals surface area (Å²) in [4.78, 5) is 46.5. The first kappa shape index (κ1) is 29.5. The van der Waals surface area contributed by atoms with Crippen molar-refractivity contribution in [3.63, 3.8) is 0 Å². The number of hydrogen-bond acceptors (Lipinski definition) is 8. The topological polar surface area (TPSA) is 195 Å². The van der Waals surface area contributed by atoms with Gasteiger partial charge in [0.1, 0.15) is 0 Å². The number of benzene rings is 1. The molecule has 0 spiro atoms. The number of hydrogen-bond donors (Lipinski definition) is 4. The van der Waals surface area contributed by atoms with Crippen LogP contribution in [0.4, 0.5) is 0 Å². The van der Waals surface area contributed by atoms with E-state index >= 15 is 0 Å². The maximum absolute atomic E-state index is 10.4. The van der Waals surface area contributed by atoms with Crippen molar-refractivity contribution in [3.8, 4) is 0 Å². The first-order valence-corrected chi connectivity index (χ1v) is 9.30. The first-order chi connectivity index (χ1) is 16.1. The predicted molar refractivity (Wildman–Crippen MR) is 114 cm³/mol. The molecule has 34 heavy (non-hydrogen) atoms. The molecule has 0 aliphatic rings. The van der Waals surface area contributed by atoms with Crippen LogP contribution in [0.3, 0.4) is 0 Å². The number of aromatic nitrogens is 8. The number of imidazole rings is 4. The Morgan fingerprint density at radius 2 is 0.941 bits per heavy atom. The molecular formula is C21H22N8NiO4. The molecule has 4 aromatic heterocycles. The normalized spacial score (nSPS) is 8.50. The van der Waals surface area contributed by atoms with Crippen LogP contribution in [0, 0.1) is 0 Å². The van der Waals surface area contributed by atoms with Crippen LogP contribution < -0.4 is 10.2 Å². The number of carbonyl (C=O) groups excluding carboxylic acids is 2. The van der Waals surface area contributed by atoms with Crippen molar-refractivity contribution in [2.75, 3.05) is 0 Å². The van der Waals surface area contributed by atoms with Crippen LogP contribution in [0.25, 0.3) is 0 Å². The molecule has 0 atom stereocenters. The molecule has 4 heterocycles. The molecule has 0 bridgehead atoms. The second-order valence-corrected chi connectivity index (χ2v) is 5.52. The van der Waals surface area contributed by atoms with E-state index in [4.69, 9.17) is 0 Å². The molecule has 180 valence electrons. The molecule has 0 unspecified atom stereocenters. The third-order valence-electron chi connectivity index (χ3n) is 3.23. The van der Waals surface area contributed by atoms with Gasteiger partial charge in [0.15, 0.2) is 0 Å². The van der Waals surface area contributed by atoms with Gasteiger partial charge in [-0.05, 0) is 5.56 Å². The third-order valence-corrected chi connectivity index (χ3v) is 3.23. The molecule has 0 fully saturated rings. The summed E-state index contributed by atoms with van der Waals surface area (Å²) < 4.78 is 0. The molecule has 0 saturated heterocycles. The fourth-order valence-electron chi connectivity index (χ4n) is 1.87. The van der Waals surface area contributed by atoms with Crippen LogP contribution in [-0.4, -0.2) is 51.8 Å².